The van der Waals surface area contributed by atoms with Crippen LogP contribution in [0.2, 0.25) is 0 Å². The fourth-order valence-corrected chi connectivity index (χ4v) is 4.64. The van der Waals surface area contributed by atoms with Crippen LogP contribution in [-0.2, 0) is 11.2 Å². The molecule has 1 atom stereocenters. The van der Waals surface area contributed by atoms with E-state index < -0.39 is 21.5 Å². The molecule has 0 aliphatic heterocycles. The van der Waals surface area contributed by atoms with Crippen molar-refractivity contribution in [1.29, 1.82) is 0 Å². The van der Waals surface area contributed by atoms with Crippen LogP contribution in [0.1, 0.15) is 34.0 Å². The predicted octanol–water partition coefficient (Wildman–Crippen LogP) is 1.14. The third-order valence-electron chi connectivity index (χ3n) is 4.48. The van der Waals surface area contributed by atoms with Gasteiger partial charge in [-0.1, -0.05) is 0 Å². The second-order valence-corrected chi connectivity index (χ2v) is 8.27. The molecule has 0 fully saturated rings. The summed E-state index contributed by atoms with van der Waals surface area (Å²) in [6.07, 6.45) is 5.59. The van der Waals surface area contributed by atoms with Crippen LogP contribution in [0, 0.1) is 6.92 Å². The normalized spacial score (nSPS) is 12.3. The van der Waals surface area contributed by atoms with Gasteiger partial charge in [0.2, 0.25) is 0 Å². The molecule has 0 saturated heterocycles. The zero-order valence-corrected chi connectivity index (χ0v) is 17.2. The number of hydrogen-bond acceptors (Lipinski definition) is 3. The number of nitrogens with one attached hydrogen (secondary N) is 1. The first-order chi connectivity index (χ1) is 12.6. The van der Waals surface area contributed by atoms with E-state index in [1.54, 1.807) is 6.20 Å². The Morgan fingerprint density at radius 2 is 2.08 bits per heavy atom. The molecular formula is C21H23IN3O-. The molecule has 1 amide bonds. The van der Waals surface area contributed by atoms with Gasteiger partial charge < -0.3 is 0 Å². The number of halogens is 1. The van der Waals surface area contributed by atoms with E-state index in [-0.39, 0.29) is 9.83 Å². The summed E-state index contributed by atoms with van der Waals surface area (Å²) >= 11 is -0.774. The van der Waals surface area contributed by atoms with Gasteiger partial charge in [0.25, 0.3) is 0 Å². The van der Waals surface area contributed by atoms with Crippen molar-refractivity contribution in [1.82, 2.24) is 4.98 Å². The number of benzene rings is 2. The van der Waals surface area contributed by atoms with Gasteiger partial charge in [-0.15, -0.1) is 0 Å². The molecule has 4 nitrogen and oxygen atoms in total. The molecule has 0 saturated carbocycles. The number of nitrogens with two attached hydrogens (primary N) is 1. The molecule has 0 aliphatic carbocycles. The molecule has 0 aliphatic rings. The van der Waals surface area contributed by atoms with E-state index in [9.17, 15) is 4.79 Å². The number of alkyl halides is 1. The number of anilines is 1. The van der Waals surface area contributed by atoms with E-state index in [4.69, 9.17) is 3.95 Å². The van der Waals surface area contributed by atoms with E-state index in [1.165, 1.54) is 11.1 Å². The zero-order valence-electron chi connectivity index (χ0n) is 15.0. The topological polar surface area (TPSA) is 68.0 Å². The molecule has 0 spiro atoms. The summed E-state index contributed by atoms with van der Waals surface area (Å²) in [7, 11) is 0. The minimum absolute atomic E-state index is 0.0170. The van der Waals surface area contributed by atoms with Crippen LogP contribution in [0.5, 0.6) is 0 Å². The van der Waals surface area contributed by atoms with Crippen LogP contribution in [0.15, 0.2) is 54.9 Å². The number of pyridine rings is 1. The summed E-state index contributed by atoms with van der Waals surface area (Å²) < 4.78 is 5.86. The van der Waals surface area contributed by atoms with Crippen LogP contribution in [0.25, 0.3) is 10.8 Å². The Morgan fingerprint density at radius 1 is 1.23 bits per heavy atom. The summed E-state index contributed by atoms with van der Waals surface area (Å²) in [5, 5.41) is 5.17. The molecule has 1 heterocycles. The molecule has 136 valence electrons. The maximum atomic E-state index is 13.0. The number of carbonyl (C=O) groups excluding carboxylic acids is 1. The fraction of sp³-hybridized carbons (Fsp3) is 0.238. The number of hydrogen-bond donors (Lipinski definition) is 2. The van der Waals surface area contributed by atoms with Crippen molar-refractivity contribution in [3.05, 3.63) is 71.5 Å². The molecule has 26 heavy (non-hydrogen) atoms. The van der Waals surface area contributed by atoms with Gasteiger partial charge in [-0.25, -0.2) is 0 Å². The van der Waals surface area contributed by atoms with Crippen molar-refractivity contribution in [2.45, 2.75) is 30.6 Å². The van der Waals surface area contributed by atoms with Gasteiger partial charge in [0.05, 0.1) is 0 Å². The number of rotatable bonds is 6. The van der Waals surface area contributed by atoms with Gasteiger partial charge in [-0.2, -0.15) is 0 Å². The number of aromatic nitrogens is 1. The maximum absolute atomic E-state index is 13.0. The Labute approximate surface area is 164 Å². The first-order valence-corrected chi connectivity index (χ1v) is 11.2. The van der Waals surface area contributed by atoms with E-state index in [0.29, 0.717) is 0 Å². The van der Waals surface area contributed by atoms with Crippen LogP contribution in [0.3, 0.4) is 0 Å². The Kier molecular flexibility index (Phi) is 6.21. The average Bonchev–Trinajstić information content (AvgIpc) is 2.65. The molecule has 0 radical (unpaired) electrons. The fourth-order valence-electron chi connectivity index (χ4n) is 3.19. The van der Waals surface area contributed by atoms with Crippen LogP contribution in [-0.4, -0.2) is 10.9 Å². The standard InChI is InChI=1S/C21H23IN3O/c1-3-5-18-14(2)6-4-7-19(18)20(22-23)21(26)25-17-9-8-16-13-24-11-10-15(16)12-17/h4,6-13,20H,3,5,23H2,1-2H3,(H,25,26)/q-1. The first-order valence-electron chi connectivity index (χ1n) is 8.69. The Hall–Kier alpha value is -1.99. The number of aryl methyl sites for hydroxylation is 1. The molecule has 0 bridgehead atoms. The van der Waals surface area contributed by atoms with Crippen molar-refractivity contribution < 1.29 is 26.3 Å². The SMILES string of the molecule is CCCc1c(C)cccc1C([I-]N)C(=O)Nc1ccc2cnccc2c1. The first kappa shape index (κ1) is 18.8. The third-order valence-corrected chi connectivity index (χ3v) is 6.44. The Morgan fingerprint density at radius 3 is 2.85 bits per heavy atom. The van der Waals surface area contributed by atoms with E-state index in [1.807, 2.05) is 36.5 Å². The summed E-state index contributed by atoms with van der Waals surface area (Å²) in [6.45, 7) is 4.27. The average molecular weight is 460 g/mol. The molecular weight excluding hydrogens is 437 g/mol. The van der Waals surface area contributed by atoms with Crippen LogP contribution >= 0.6 is 0 Å². The van der Waals surface area contributed by atoms with Crippen molar-refractivity contribution in [3.63, 3.8) is 0 Å². The van der Waals surface area contributed by atoms with Crippen molar-refractivity contribution >= 4 is 22.4 Å². The molecule has 3 N–H and O–H groups in total. The van der Waals surface area contributed by atoms with Crippen molar-refractivity contribution in [3.8, 4) is 0 Å². The number of fused-ring (bicyclic) bond motifs is 1. The molecule has 3 aromatic rings. The van der Waals surface area contributed by atoms with E-state index >= 15 is 0 Å². The van der Waals surface area contributed by atoms with E-state index in [2.05, 4.69) is 36.3 Å². The quantitative estimate of drug-likeness (QED) is 0.330. The molecule has 3 rings (SSSR count). The van der Waals surface area contributed by atoms with Crippen LogP contribution in [0.4, 0.5) is 5.69 Å². The van der Waals surface area contributed by atoms with Gasteiger partial charge >= 0.3 is 165 Å². The summed E-state index contributed by atoms with van der Waals surface area (Å²) in [5.74, 6) is -0.0170. The van der Waals surface area contributed by atoms with E-state index in [0.717, 1.165) is 34.9 Å². The predicted molar refractivity (Wildman–Crippen MR) is 102 cm³/mol. The monoisotopic (exact) mass is 460 g/mol. The number of nitrogens with zero attached hydrogens (tertiary/aromatic N) is 1. The molecule has 5 heteroatoms. The molecule has 2 aromatic carbocycles. The summed E-state index contributed by atoms with van der Waals surface area (Å²) in [4.78, 5) is 17.1. The van der Waals surface area contributed by atoms with Gasteiger partial charge in [0.15, 0.2) is 0 Å². The van der Waals surface area contributed by atoms with Gasteiger partial charge in [0, 0.05) is 0 Å². The molecule has 1 unspecified atom stereocenters. The number of amides is 1. The minimum atomic E-state index is -0.774. The second kappa shape index (κ2) is 8.60. The van der Waals surface area contributed by atoms with Crippen molar-refractivity contribution in [2.24, 2.45) is 3.95 Å². The Balaban J connectivity index is 1.88. The second-order valence-electron chi connectivity index (χ2n) is 6.31. The van der Waals surface area contributed by atoms with Crippen LogP contribution < -0.4 is 30.7 Å². The summed E-state index contributed by atoms with van der Waals surface area (Å²) in [5.41, 5.74) is 4.38. The third kappa shape index (κ3) is 4.04. The van der Waals surface area contributed by atoms with Gasteiger partial charge in [-0.05, 0) is 0 Å². The molecule has 1 aromatic heterocycles. The summed E-state index contributed by atoms with van der Waals surface area (Å²) in [6, 6.07) is 14.0. The Bertz CT molecular complexity index is 926. The zero-order chi connectivity index (χ0) is 18.5. The van der Waals surface area contributed by atoms with Gasteiger partial charge in [-0.3, -0.25) is 0 Å². The van der Waals surface area contributed by atoms with Gasteiger partial charge in [0.1, 0.15) is 0 Å². The number of carbonyl (C=O) groups is 1. The van der Waals surface area contributed by atoms with Crippen molar-refractivity contribution in [2.75, 3.05) is 5.32 Å².